The summed E-state index contributed by atoms with van der Waals surface area (Å²) in [5.41, 5.74) is 7.16. The molecule has 0 aliphatic heterocycles. The van der Waals surface area contributed by atoms with Crippen molar-refractivity contribution in [2.24, 2.45) is 5.73 Å². The molecular weight excluding hydrogens is 337 g/mol. The van der Waals surface area contributed by atoms with Crippen LogP contribution in [0.4, 0.5) is 0 Å². The summed E-state index contributed by atoms with van der Waals surface area (Å²) in [4.78, 5) is 0. The molecule has 1 atom stereocenters. The normalized spacial score (nSPS) is 12.2. The molecule has 0 saturated heterocycles. The van der Waals surface area contributed by atoms with Gasteiger partial charge in [-0.05, 0) is 47.2 Å². The van der Waals surface area contributed by atoms with E-state index in [1.54, 1.807) is 0 Å². The zero-order valence-corrected chi connectivity index (χ0v) is 12.4. The highest BCUT2D eigenvalue weighted by Gasteiger charge is 2.11. The number of hydrogen-bond acceptors (Lipinski definition) is 2. The first-order valence-electron chi connectivity index (χ1n) is 5.99. The lowest BCUT2D eigenvalue weighted by Crippen LogP contribution is -2.09. The second-order valence-corrected chi connectivity index (χ2v) is 5.25. The van der Waals surface area contributed by atoms with Gasteiger partial charge < -0.3 is 10.5 Å². The van der Waals surface area contributed by atoms with Crippen molar-refractivity contribution in [1.29, 1.82) is 0 Å². The Morgan fingerprint density at radius 1 is 1.06 bits per heavy atom. The molecule has 94 valence electrons. The first-order valence-corrected chi connectivity index (χ1v) is 7.07. The third kappa shape index (κ3) is 3.03. The maximum atomic E-state index is 6.10. The summed E-state index contributed by atoms with van der Waals surface area (Å²) in [6.45, 7) is 2.08. The van der Waals surface area contributed by atoms with Gasteiger partial charge in [0.25, 0.3) is 0 Å². The predicted molar refractivity (Wildman–Crippen MR) is 82.9 cm³/mol. The molecule has 2 N–H and O–H groups in total. The fourth-order valence-corrected chi connectivity index (χ4v) is 2.24. The van der Waals surface area contributed by atoms with E-state index in [0.29, 0.717) is 0 Å². The molecule has 0 bridgehead atoms. The van der Waals surface area contributed by atoms with Gasteiger partial charge in [0.2, 0.25) is 0 Å². The average molecular weight is 353 g/mol. The van der Waals surface area contributed by atoms with Crippen LogP contribution in [0.3, 0.4) is 0 Å². The van der Waals surface area contributed by atoms with Crippen molar-refractivity contribution >= 4 is 22.6 Å². The lowest BCUT2D eigenvalue weighted by molar-refractivity contribution is 0.465. The Morgan fingerprint density at radius 2 is 1.67 bits per heavy atom. The van der Waals surface area contributed by atoms with Crippen LogP contribution in [0, 0.1) is 3.57 Å². The topological polar surface area (TPSA) is 35.2 Å². The number of halogens is 1. The number of nitrogens with two attached hydrogens (primary N) is 1. The highest BCUT2D eigenvalue weighted by atomic mass is 127. The largest absolute Gasteiger partial charge is 0.456 e. The first-order chi connectivity index (χ1) is 8.72. The molecule has 0 heterocycles. The van der Waals surface area contributed by atoms with Gasteiger partial charge in [0.05, 0.1) is 3.57 Å². The number of hydrogen-bond donors (Lipinski definition) is 1. The summed E-state index contributed by atoms with van der Waals surface area (Å²) in [6.07, 6.45) is 0.895. The molecular formula is C15H16INO. The fourth-order valence-electron chi connectivity index (χ4n) is 1.75. The minimum absolute atomic E-state index is 0.0163. The van der Waals surface area contributed by atoms with Gasteiger partial charge in [-0.3, -0.25) is 0 Å². The fraction of sp³-hybridized carbons (Fsp3) is 0.200. The molecule has 2 aromatic rings. The molecule has 0 radical (unpaired) electrons. The van der Waals surface area contributed by atoms with E-state index in [9.17, 15) is 0 Å². The molecule has 2 rings (SSSR count). The summed E-state index contributed by atoms with van der Waals surface area (Å²) in [6, 6.07) is 15.9. The summed E-state index contributed by atoms with van der Waals surface area (Å²) in [7, 11) is 0. The van der Waals surface area contributed by atoms with Crippen molar-refractivity contribution in [3.8, 4) is 11.5 Å². The summed E-state index contributed by atoms with van der Waals surface area (Å²) < 4.78 is 7.07. The minimum Gasteiger partial charge on any atom is -0.456 e. The minimum atomic E-state index is 0.0163. The molecule has 0 fully saturated rings. The quantitative estimate of drug-likeness (QED) is 0.822. The highest BCUT2D eigenvalue weighted by molar-refractivity contribution is 14.1. The van der Waals surface area contributed by atoms with E-state index in [1.807, 2.05) is 48.5 Å². The number of rotatable bonds is 4. The molecule has 0 unspecified atom stereocenters. The van der Waals surface area contributed by atoms with Crippen LogP contribution < -0.4 is 10.5 Å². The van der Waals surface area contributed by atoms with Crippen LogP contribution in [-0.4, -0.2) is 0 Å². The first kappa shape index (κ1) is 13.4. The van der Waals surface area contributed by atoms with Crippen molar-refractivity contribution < 1.29 is 4.74 Å². The molecule has 0 aromatic heterocycles. The van der Waals surface area contributed by atoms with Crippen LogP contribution in [-0.2, 0) is 0 Å². The molecule has 3 heteroatoms. The summed E-state index contributed by atoms with van der Waals surface area (Å²) in [5, 5.41) is 0. The van der Waals surface area contributed by atoms with Gasteiger partial charge in [-0.25, -0.2) is 0 Å². The zero-order valence-electron chi connectivity index (χ0n) is 10.3. The third-order valence-corrected chi connectivity index (χ3v) is 3.71. The maximum Gasteiger partial charge on any atom is 0.140 e. The van der Waals surface area contributed by atoms with E-state index in [-0.39, 0.29) is 6.04 Å². The predicted octanol–water partition coefficient (Wildman–Crippen LogP) is 4.49. The van der Waals surface area contributed by atoms with Gasteiger partial charge in [-0.1, -0.05) is 37.3 Å². The second kappa shape index (κ2) is 6.20. The SMILES string of the molecule is CC[C@H](N)c1ccccc1Oc1ccccc1I. The number of ether oxygens (including phenoxy) is 1. The van der Waals surface area contributed by atoms with E-state index in [2.05, 4.69) is 29.5 Å². The van der Waals surface area contributed by atoms with Crippen molar-refractivity contribution in [2.75, 3.05) is 0 Å². The van der Waals surface area contributed by atoms with Gasteiger partial charge in [0.1, 0.15) is 11.5 Å². The van der Waals surface area contributed by atoms with Crippen molar-refractivity contribution in [2.45, 2.75) is 19.4 Å². The van der Waals surface area contributed by atoms with E-state index in [4.69, 9.17) is 10.5 Å². The lowest BCUT2D eigenvalue weighted by Gasteiger charge is -2.16. The lowest BCUT2D eigenvalue weighted by atomic mass is 10.0. The molecule has 0 amide bonds. The Kier molecular flexibility index (Phi) is 4.60. The number of para-hydroxylation sites is 2. The van der Waals surface area contributed by atoms with E-state index >= 15 is 0 Å². The second-order valence-electron chi connectivity index (χ2n) is 4.09. The smallest absolute Gasteiger partial charge is 0.140 e. The van der Waals surface area contributed by atoms with Crippen molar-refractivity contribution in [1.82, 2.24) is 0 Å². The Balaban J connectivity index is 2.32. The average Bonchev–Trinajstić information content (AvgIpc) is 2.41. The Labute approximate surface area is 121 Å². The van der Waals surface area contributed by atoms with Gasteiger partial charge >= 0.3 is 0 Å². The standard InChI is InChI=1S/C15H16INO/c1-2-13(17)11-7-3-5-9-14(11)18-15-10-6-4-8-12(15)16/h3-10,13H,2,17H2,1H3/t13-/m0/s1. The molecule has 0 saturated carbocycles. The van der Waals surface area contributed by atoms with Crippen LogP contribution in [0.15, 0.2) is 48.5 Å². The molecule has 2 aromatic carbocycles. The molecule has 18 heavy (non-hydrogen) atoms. The highest BCUT2D eigenvalue weighted by Crippen LogP contribution is 2.31. The van der Waals surface area contributed by atoms with E-state index < -0.39 is 0 Å². The van der Waals surface area contributed by atoms with Crippen molar-refractivity contribution in [3.05, 3.63) is 57.7 Å². The van der Waals surface area contributed by atoms with Gasteiger partial charge in [-0.15, -0.1) is 0 Å². The van der Waals surface area contributed by atoms with Crippen LogP contribution in [0.25, 0.3) is 0 Å². The van der Waals surface area contributed by atoms with E-state index in [0.717, 1.165) is 27.1 Å². The summed E-state index contributed by atoms with van der Waals surface area (Å²) in [5.74, 6) is 1.71. The van der Waals surface area contributed by atoms with Gasteiger partial charge in [-0.2, -0.15) is 0 Å². The molecule has 0 aliphatic carbocycles. The molecule has 2 nitrogen and oxygen atoms in total. The number of benzene rings is 2. The Morgan fingerprint density at radius 3 is 2.33 bits per heavy atom. The van der Waals surface area contributed by atoms with Crippen molar-refractivity contribution in [3.63, 3.8) is 0 Å². The molecule has 0 spiro atoms. The van der Waals surface area contributed by atoms with Gasteiger partial charge in [0, 0.05) is 11.6 Å². The van der Waals surface area contributed by atoms with E-state index in [1.165, 1.54) is 0 Å². The summed E-state index contributed by atoms with van der Waals surface area (Å²) >= 11 is 2.27. The van der Waals surface area contributed by atoms with Crippen LogP contribution in [0.1, 0.15) is 24.9 Å². The molecule has 0 aliphatic rings. The van der Waals surface area contributed by atoms with Crippen LogP contribution >= 0.6 is 22.6 Å². The Bertz CT molecular complexity index is 527. The van der Waals surface area contributed by atoms with Crippen LogP contribution in [0.5, 0.6) is 11.5 Å². The maximum absolute atomic E-state index is 6.10. The Hall–Kier alpha value is -1.07. The van der Waals surface area contributed by atoms with Gasteiger partial charge in [0.15, 0.2) is 0 Å². The zero-order chi connectivity index (χ0) is 13.0. The third-order valence-electron chi connectivity index (χ3n) is 2.81. The van der Waals surface area contributed by atoms with Crippen LogP contribution in [0.2, 0.25) is 0 Å². The monoisotopic (exact) mass is 353 g/mol.